The number of nitrogens with zero attached hydrogens (tertiary/aromatic N) is 6. The summed E-state index contributed by atoms with van der Waals surface area (Å²) in [7, 11) is 1.51. The summed E-state index contributed by atoms with van der Waals surface area (Å²) in [6.07, 6.45) is 1.90. The van der Waals surface area contributed by atoms with Gasteiger partial charge in [0.05, 0.1) is 37.3 Å². The van der Waals surface area contributed by atoms with E-state index >= 15 is 0 Å². The second-order valence-corrected chi connectivity index (χ2v) is 10.5. The van der Waals surface area contributed by atoms with Crippen LogP contribution in [0.1, 0.15) is 35.4 Å². The molecule has 1 saturated heterocycles. The van der Waals surface area contributed by atoms with Gasteiger partial charge in [-0.15, -0.1) is 0 Å². The molecule has 0 radical (unpaired) electrons. The van der Waals surface area contributed by atoms with Crippen molar-refractivity contribution in [2.24, 2.45) is 0 Å². The number of aryl methyl sites for hydroxylation is 1. The quantitative estimate of drug-likeness (QED) is 0.218. The Hall–Kier alpha value is -4.06. The summed E-state index contributed by atoms with van der Waals surface area (Å²) in [5.41, 5.74) is 2.80. The maximum Gasteiger partial charge on any atom is 0.245 e. The second-order valence-electron chi connectivity index (χ2n) is 9.67. The van der Waals surface area contributed by atoms with Gasteiger partial charge in [-0.3, -0.25) is 19.1 Å². The van der Waals surface area contributed by atoms with Crippen LogP contribution < -0.4 is 4.74 Å². The Kier molecular flexibility index (Phi) is 7.70. The van der Waals surface area contributed by atoms with Gasteiger partial charge in [-0.05, 0) is 40.5 Å². The first-order valence-electron chi connectivity index (χ1n) is 12.6. The number of alkyl halides is 1. The summed E-state index contributed by atoms with van der Waals surface area (Å²) in [6, 6.07) is 7.78. The zero-order chi connectivity index (χ0) is 28.6. The third-order valence-corrected chi connectivity index (χ3v) is 7.24. The topological polar surface area (TPSA) is 120 Å². The molecule has 206 valence electrons. The van der Waals surface area contributed by atoms with Crippen LogP contribution in [-0.4, -0.2) is 73.0 Å². The number of benzene rings is 1. The van der Waals surface area contributed by atoms with E-state index in [9.17, 15) is 18.8 Å². The minimum Gasteiger partial charge on any atom is -0.497 e. The largest absolute Gasteiger partial charge is 0.497 e. The highest BCUT2D eigenvalue weighted by Gasteiger charge is 2.39. The minimum absolute atomic E-state index is 0.0817. The molecule has 3 aromatic heterocycles. The molecule has 4 aromatic rings. The molecule has 0 saturated carbocycles. The summed E-state index contributed by atoms with van der Waals surface area (Å²) < 4.78 is 21.7. The number of aromatic nitrogens is 5. The molecule has 2 atom stereocenters. The van der Waals surface area contributed by atoms with Crippen LogP contribution in [0.3, 0.4) is 0 Å². The normalized spacial score (nSPS) is 16.9. The standard InChI is InChI=1S/C28H26BrFN6O4/c1-15(37)28-22-6-17(18-11-31-16(2)32-12-18)4-5-23(22)36(34-28)14-27(39)35-13-19(30)7-24(35)25(38)9-20-8-21(40-3)10-26(29)33-20/h4-6,8,10-12,19,24H,7,9,13-14H2,1-3H3/t19-,24+/m1/s1. The van der Waals surface area contributed by atoms with E-state index in [1.54, 1.807) is 37.5 Å². The molecular formula is C28H26BrFN6O4. The molecule has 5 rings (SSSR count). The van der Waals surface area contributed by atoms with Crippen molar-refractivity contribution in [3.63, 3.8) is 0 Å². The number of pyridine rings is 1. The van der Waals surface area contributed by atoms with Crippen LogP contribution in [0.4, 0.5) is 4.39 Å². The first-order valence-corrected chi connectivity index (χ1v) is 13.4. The van der Waals surface area contributed by atoms with Gasteiger partial charge in [0.25, 0.3) is 0 Å². The van der Waals surface area contributed by atoms with Crippen molar-refractivity contribution in [3.8, 4) is 16.9 Å². The maximum atomic E-state index is 14.5. The fourth-order valence-corrected chi connectivity index (χ4v) is 5.35. The molecule has 0 bridgehead atoms. The number of ether oxygens (including phenoxy) is 1. The number of methoxy groups -OCH3 is 1. The van der Waals surface area contributed by atoms with Gasteiger partial charge in [0, 0.05) is 48.8 Å². The molecular weight excluding hydrogens is 583 g/mol. The highest BCUT2D eigenvalue weighted by molar-refractivity contribution is 9.10. The first kappa shape index (κ1) is 27.5. The summed E-state index contributed by atoms with van der Waals surface area (Å²) in [6.45, 7) is 2.75. The molecule has 0 aliphatic carbocycles. The van der Waals surface area contributed by atoms with E-state index < -0.39 is 18.1 Å². The molecule has 1 amide bonds. The lowest BCUT2D eigenvalue weighted by Crippen LogP contribution is -2.43. The highest BCUT2D eigenvalue weighted by Crippen LogP contribution is 2.28. The van der Waals surface area contributed by atoms with Crippen molar-refractivity contribution in [1.82, 2.24) is 29.6 Å². The maximum absolute atomic E-state index is 14.5. The predicted molar refractivity (Wildman–Crippen MR) is 148 cm³/mol. The van der Waals surface area contributed by atoms with E-state index in [0.29, 0.717) is 32.8 Å². The predicted octanol–water partition coefficient (Wildman–Crippen LogP) is 3.92. The Morgan fingerprint density at radius 3 is 2.58 bits per heavy atom. The number of fused-ring (bicyclic) bond motifs is 1. The average molecular weight is 609 g/mol. The van der Waals surface area contributed by atoms with E-state index in [1.165, 1.54) is 23.6 Å². The number of halogens is 2. The number of carbonyl (C=O) groups is 3. The number of rotatable bonds is 8. The molecule has 0 N–H and O–H groups in total. The molecule has 10 nitrogen and oxygen atoms in total. The van der Waals surface area contributed by atoms with Gasteiger partial charge >= 0.3 is 0 Å². The number of hydrogen-bond acceptors (Lipinski definition) is 8. The number of likely N-dealkylation sites (tertiary alicyclic amines) is 1. The highest BCUT2D eigenvalue weighted by atomic mass is 79.9. The Morgan fingerprint density at radius 2 is 1.88 bits per heavy atom. The monoisotopic (exact) mass is 608 g/mol. The van der Waals surface area contributed by atoms with Crippen LogP contribution in [0.15, 0.2) is 47.3 Å². The van der Waals surface area contributed by atoms with E-state index in [0.717, 1.165) is 11.1 Å². The molecule has 1 aromatic carbocycles. The smallest absolute Gasteiger partial charge is 0.245 e. The zero-order valence-corrected chi connectivity index (χ0v) is 23.7. The van der Waals surface area contributed by atoms with E-state index in [2.05, 4.69) is 36.0 Å². The fourth-order valence-electron chi connectivity index (χ4n) is 4.90. The number of ketones is 2. The Morgan fingerprint density at radius 1 is 1.12 bits per heavy atom. The molecule has 12 heteroatoms. The third kappa shape index (κ3) is 5.62. The fraction of sp³-hybridized carbons (Fsp3) is 0.321. The van der Waals surface area contributed by atoms with Crippen LogP contribution in [0.2, 0.25) is 0 Å². The SMILES string of the molecule is COc1cc(Br)nc(CC(=O)[C@@H]2C[C@@H](F)CN2C(=O)Cn2nc(C(C)=O)c3cc(-c4cnc(C)nc4)ccc32)c1. The van der Waals surface area contributed by atoms with E-state index in [-0.39, 0.29) is 43.2 Å². The summed E-state index contributed by atoms with van der Waals surface area (Å²) >= 11 is 3.29. The van der Waals surface area contributed by atoms with Gasteiger partial charge in [0.15, 0.2) is 11.6 Å². The van der Waals surface area contributed by atoms with Gasteiger partial charge in [-0.2, -0.15) is 5.10 Å². The van der Waals surface area contributed by atoms with Crippen molar-refractivity contribution in [2.75, 3.05) is 13.7 Å². The van der Waals surface area contributed by atoms with Crippen molar-refractivity contribution < 1.29 is 23.5 Å². The summed E-state index contributed by atoms with van der Waals surface area (Å²) in [5.74, 6) is 0.123. The van der Waals surface area contributed by atoms with Crippen molar-refractivity contribution in [2.45, 2.75) is 45.4 Å². The van der Waals surface area contributed by atoms with Gasteiger partial charge < -0.3 is 9.64 Å². The zero-order valence-electron chi connectivity index (χ0n) is 22.1. The molecule has 0 unspecified atom stereocenters. The number of amides is 1. The number of carbonyl (C=O) groups excluding carboxylic acids is 3. The van der Waals surface area contributed by atoms with Crippen LogP contribution in [0.5, 0.6) is 5.75 Å². The summed E-state index contributed by atoms with van der Waals surface area (Å²) in [5, 5.41) is 4.99. The van der Waals surface area contributed by atoms with Crippen LogP contribution in [0, 0.1) is 6.92 Å². The van der Waals surface area contributed by atoms with Gasteiger partial charge in [0.1, 0.15) is 34.6 Å². The third-order valence-electron chi connectivity index (χ3n) is 6.84. The average Bonchev–Trinajstić information content (AvgIpc) is 3.49. The van der Waals surface area contributed by atoms with Crippen molar-refractivity contribution in [3.05, 3.63) is 64.5 Å². The summed E-state index contributed by atoms with van der Waals surface area (Å²) in [4.78, 5) is 53.1. The molecule has 40 heavy (non-hydrogen) atoms. The molecule has 1 aliphatic heterocycles. The molecule has 0 spiro atoms. The van der Waals surface area contributed by atoms with E-state index in [4.69, 9.17) is 4.74 Å². The first-order chi connectivity index (χ1) is 19.1. The number of Topliss-reactive ketones (excluding diaryl/α,β-unsaturated/α-hetero) is 2. The molecule has 1 aliphatic rings. The minimum atomic E-state index is -1.33. The van der Waals surface area contributed by atoms with Crippen LogP contribution in [-0.2, 0) is 22.6 Å². The lowest BCUT2D eigenvalue weighted by atomic mass is 10.0. The Bertz CT molecular complexity index is 1620. The van der Waals surface area contributed by atoms with Crippen LogP contribution >= 0.6 is 15.9 Å². The Labute approximate surface area is 237 Å². The van der Waals surface area contributed by atoms with Crippen LogP contribution in [0.25, 0.3) is 22.0 Å². The van der Waals surface area contributed by atoms with Gasteiger partial charge in [-0.1, -0.05) is 6.07 Å². The van der Waals surface area contributed by atoms with E-state index in [1.807, 2.05) is 12.1 Å². The number of hydrogen-bond donors (Lipinski definition) is 0. The van der Waals surface area contributed by atoms with Crippen molar-refractivity contribution >= 4 is 44.3 Å². The van der Waals surface area contributed by atoms with Gasteiger partial charge in [-0.25, -0.2) is 19.3 Å². The Balaban J connectivity index is 1.40. The lowest BCUT2D eigenvalue weighted by Gasteiger charge is -2.23. The molecule has 1 fully saturated rings. The lowest BCUT2D eigenvalue weighted by molar-refractivity contribution is -0.138. The van der Waals surface area contributed by atoms with Gasteiger partial charge in [0.2, 0.25) is 5.91 Å². The molecule has 4 heterocycles. The van der Waals surface area contributed by atoms with Crippen molar-refractivity contribution in [1.29, 1.82) is 0 Å². The second kappa shape index (κ2) is 11.2.